The topological polar surface area (TPSA) is 61.4 Å². The van der Waals surface area contributed by atoms with Crippen LogP contribution in [0.2, 0.25) is 0 Å². The number of phenols is 1. The Kier molecular flexibility index (Phi) is 4.37. The maximum atomic E-state index is 12.0. The number of rotatable bonds is 2. The van der Waals surface area contributed by atoms with E-state index in [0.29, 0.717) is 0 Å². The molecule has 2 rings (SSSR count). The third-order valence-electron chi connectivity index (χ3n) is 3.04. The lowest BCUT2D eigenvalue weighted by molar-refractivity contribution is -0.123. The second-order valence-corrected chi connectivity index (χ2v) is 4.49. The molecule has 0 aromatic heterocycles. The van der Waals surface area contributed by atoms with Crippen molar-refractivity contribution in [2.24, 2.45) is 5.41 Å². The van der Waals surface area contributed by atoms with Crippen LogP contribution in [-0.2, 0) is 4.79 Å². The summed E-state index contributed by atoms with van der Waals surface area (Å²) >= 11 is 0. The van der Waals surface area contributed by atoms with E-state index in [0.717, 1.165) is 25.2 Å². The van der Waals surface area contributed by atoms with Gasteiger partial charge in [-0.2, -0.15) is 0 Å². The summed E-state index contributed by atoms with van der Waals surface area (Å²) in [4.78, 5) is 12.0. The average Bonchev–Trinajstić information content (AvgIpc) is 2.70. The zero-order chi connectivity index (χ0) is 11.6. The Morgan fingerprint density at radius 1 is 1.41 bits per heavy atom. The Balaban J connectivity index is 0.00000144. The van der Waals surface area contributed by atoms with E-state index >= 15 is 0 Å². The van der Waals surface area contributed by atoms with Gasteiger partial charge in [-0.3, -0.25) is 4.79 Å². The fraction of sp³-hybridized carbons (Fsp3) is 0.417. The van der Waals surface area contributed by atoms with E-state index in [1.165, 1.54) is 0 Å². The van der Waals surface area contributed by atoms with Gasteiger partial charge in [0.15, 0.2) is 0 Å². The molecule has 0 bridgehead atoms. The van der Waals surface area contributed by atoms with E-state index in [-0.39, 0.29) is 29.5 Å². The molecular weight excluding hydrogens is 240 g/mol. The molecule has 94 valence electrons. The Bertz CT molecular complexity index is 386. The third kappa shape index (κ3) is 3.11. The van der Waals surface area contributed by atoms with Gasteiger partial charge in [-0.15, -0.1) is 12.4 Å². The number of halogens is 1. The van der Waals surface area contributed by atoms with Crippen molar-refractivity contribution >= 4 is 24.0 Å². The largest absolute Gasteiger partial charge is 0.508 e. The van der Waals surface area contributed by atoms with Crippen molar-refractivity contribution in [1.29, 1.82) is 0 Å². The van der Waals surface area contributed by atoms with Crippen molar-refractivity contribution < 1.29 is 9.90 Å². The molecule has 1 aliphatic heterocycles. The van der Waals surface area contributed by atoms with Crippen LogP contribution in [0.25, 0.3) is 0 Å². The summed E-state index contributed by atoms with van der Waals surface area (Å²) in [6.07, 6.45) is 0.858. The molecule has 0 radical (unpaired) electrons. The number of carbonyl (C=O) groups is 1. The molecular formula is C12H17ClN2O2. The van der Waals surface area contributed by atoms with Gasteiger partial charge in [0, 0.05) is 12.2 Å². The minimum atomic E-state index is -0.322. The summed E-state index contributed by atoms with van der Waals surface area (Å²) < 4.78 is 0. The second-order valence-electron chi connectivity index (χ2n) is 4.49. The minimum absolute atomic E-state index is 0. The van der Waals surface area contributed by atoms with Gasteiger partial charge >= 0.3 is 0 Å². The summed E-state index contributed by atoms with van der Waals surface area (Å²) in [5.74, 6) is 0.231. The Morgan fingerprint density at radius 2 is 2.06 bits per heavy atom. The Hall–Kier alpha value is -1.26. The number of phenolic OH excluding ortho intramolecular Hbond substituents is 1. The highest BCUT2D eigenvalue weighted by Crippen LogP contribution is 2.26. The normalized spacial score (nSPS) is 22.9. The zero-order valence-electron chi connectivity index (χ0n) is 9.69. The molecule has 3 N–H and O–H groups in total. The van der Waals surface area contributed by atoms with E-state index in [1.54, 1.807) is 24.3 Å². The van der Waals surface area contributed by atoms with Crippen molar-refractivity contribution in [3.63, 3.8) is 0 Å². The molecule has 1 heterocycles. The van der Waals surface area contributed by atoms with E-state index in [4.69, 9.17) is 5.11 Å². The van der Waals surface area contributed by atoms with Gasteiger partial charge in [0.2, 0.25) is 5.91 Å². The lowest BCUT2D eigenvalue weighted by atomic mass is 9.89. The lowest BCUT2D eigenvalue weighted by Crippen LogP contribution is -2.35. The minimum Gasteiger partial charge on any atom is -0.508 e. The highest BCUT2D eigenvalue weighted by atomic mass is 35.5. The molecule has 1 aliphatic rings. The quantitative estimate of drug-likeness (QED) is 0.707. The number of nitrogens with one attached hydrogen (secondary N) is 2. The van der Waals surface area contributed by atoms with Crippen molar-refractivity contribution in [3.05, 3.63) is 24.3 Å². The Morgan fingerprint density at radius 3 is 2.59 bits per heavy atom. The molecule has 0 spiro atoms. The third-order valence-corrected chi connectivity index (χ3v) is 3.04. The average molecular weight is 257 g/mol. The van der Waals surface area contributed by atoms with Crippen LogP contribution in [0.1, 0.15) is 13.3 Å². The molecule has 5 heteroatoms. The standard InChI is InChI=1S/C12H16N2O2.ClH/c1-12(6-7-13-8-12)11(16)14-9-2-4-10(15)5-3-9;/h2-5,13,15H,6-8H2,1H3,(H,14,16);1H. The summed E-state index contributed by atoms with van der Waals surface area (Å²) in [6, 6.07) is 6.51. The van der Waals surface area contributed by atoms with E-state index < -0.39 is 0 Å². The van der Waals surface area contributed by atoms with Crippen LogP contribution in [-0.4, -0.2) is 24.1 Å². The number of hydrogen-bond donors (Lipinski definition) is 3. The maximum Gasteiger partial charge on any atom is 0.231 e. The highest BCUT2D eigenvalue weighted by molar-refractivity contribution is 5.95. The number of hydrogen-bond acceptors (Lipinski definition) is 3. The molecule has 0 saturated carbocycles. The number of amides is 1. The smallest absolute Gasteiger partial charge is 0.231 e. The van der Waals surface area contributed by atoms with Crippen LogP contribution in [0.3, 0.4) is 0 Å². The van der Waals surface area contributed by atoms with Crippen molar-refractivity contribution in [3.8, 4) is 5.75 Å². The number of carbonyl (C=O) groups excluding carboxylic acids is 1. The van der Waals surface area contributed by atoms with Gasteiger partial charge in [0.25, 0.3) is 0 Å². The van der Waals surface area contributed by atoms with Crippen molar-refractivity contribution in [2.45, 2.75) is 13.3 Å². The van der Waals surface area contributed by atoms with Gasteiger partial charge < -0.3 is 15.7 Å². The van der Waals surface area contributed by atoms with Gasteiger partial charge in [0.05, 0.1) is 5.41 Å². The molecule has 4 nitrogen and oxygen atoms in total. The maximum absolute atomic E-state index is 12.0. The fourth-order valence-electron chi connectivity index (χ4n) is 1.84. The first-order chi connectivity index (χ1) is 7.60. The molecule has 1 aromatic rings. The fourth-order valence-corrected chi connectivity index (χ4v) is 1.84. The first-order valence-electron chi connectivity index (χ1n) is 5.41. The van der Waals surface area contributed by atoms with Crippen LogP contribution in [0.15, 0.2) is 24.3 Å². The predicted octanol–water partition coefficient (Wildman–Crippen LogP) is 1.75. The first-order valence-corrected chi connectivity index (χ1v) is 5.41. The van der Waals surface area contributed by atoms with Gasteiger partial charge in [-0.25, -0.2) is 0 Å². The summed E-state index contributed by atoms with van der Waals surface area (Å²) in [6.45, 7) is 3.57. The summed E-state index contributed by atoms with van der Waals surface area (Å²) in [5, 5.41) is 15.2. The predicted molar refractivity (Wildman–Crippen MR) is 69.6 cm³/mol. The van der Waals surface area contributed by atoms with E-state index in [2.05, 4.69) is 10.6 Å². The van der Waals surface area contributed by atoms with Gasteiger partial charge in [-0.1, -0.05) is 0 Å². The van der Waals surface area contributed by atoms with Crippen molar-refractivity contribution in [1.82, 2.24) is 5.32 Å². The summed E-state index contributed by atoms with van der Waals surface area (Å²) in [7, 11) is 0. The second kappa shape index (κ2) is 5.38. The first kappa shape index (κ1) is 13.8. The van der Waals surface area contributed by atoms with E-state index in [1.807, 2.05) is 6.92 Å². The van der Waals surface area contributed by atoms with Crippen molar-refractivity contribution in [2.75, 3.05) is 18.4 Å². The van der Waals surface area contributed by atoms with Crippen LogP contribution in [0.4, 0.5) is 5.69 Å². The molecule has 1 amide bonds. The van der Waals surface area contributed by atoms with Crippen LogP contribution >= 0.6 is 12.4 Å². The van der Waals surface area contributed by atoms with E-state index in [9.17, 15) is 4.79 Å². The molecule has 1 fully saturated rings. The molecule has 1 saturated heterocycles. The van der Waals surface area contributed by atoms with Crippen LogP contribution in [0.5, 0.6) is 5.75 Å². The van der Waals surface area contributed by atoms with Crippen LogP contribution < -0.4 is 10.6 Å². The lowest BCUT2D eigenvalue weighted by Gasteiger charge is -2.21. The number of benzene rings is 1. The molecule has 1 unspecified atom stereocenters. The van der Waals surface area contributed by atoms with Crippen LogP contribution in [0, 0.1) is 5.41 Å². The zero-order valence-corrected chi connectivity index (χ0v) is 10.5. The monoisotopic (exact) mass is 256 g/mol. The highest BCUT2D eigenvalue weighted by Gasteiger charge is 2.36. The molecule has 1 atom stereocenters. The van der Waals surface area contributed by atoms with Gasteiger partial charge in [-0.05, 0) is 44.2 Å². The van der Waals surface area contributed by atoms with Gasteiger partial charge in [0.1, 0.15) is 5.75 Å². The SMILES string of the molecule is CC1(C(=O)Nc2ccc(O)cc2)CCNC1.Cl. The number of anilines is 1. The number of aromatic hydroxyl groups is 1. The summed E-state index contributed by atoms with van der Waals surface area (Å²) in [5.41, 5.74) is 0.397. The molecule has 0 aliphatic carbocycles. The molecule has 1 aromatic carbocycles. The molecule has 17 heavy (non-hydrogen) atoms. The Labute approximate surface area is 107 Å².